The molecule has 140 valence electrons. The number of pyridine rings is 1. The SMILES string of the molecule is COC(=O)C1=C(C(=O)OC)N(c2ccc(C(=O)O)c3ccncc23)COC1. The zero-order chi connectivity index (χ0) is 19.6. The Morgan fingerprint density at radius 1 is 1.11 bits per heavy atom. The van der Waals surface area contributed by atoms with Crippen molar-refractivity contribution in [1.29, 1.82) is 0 Å². The molecule has 1 aromatic carbocycles. The molecule has 2 aromatic rings. The van der Waals surface area contributed by atoms with Crippen LogP contribution in [0, 0.1) is 0 Å². The second-order valence-corrected chi connectivity index (χ2v) is 5.57. The van der Waals surface area contributed by atoms with Crippen molar-refractivity contribution in [2.45, 2.75) is 0 Å². The zero-order valence-electron chi connectivity index (χ0n) is 14.6. The van der Waals surface area contributed by atoms with Gasteiger partial charge in [-0.2, -0.15) is 0 Å². The van der Waals surface area contributed by atoms with Crippen LogP contribution in [0.3, 0.4) is 0 Å². The van der Waals surface area contributed by atoms with Gasteiger partial charge in [-0.1, -0.05) is 0 Å². The maximum Gasteiger partial charge on any atom is 0.355 e. The fraction of sp³-hybridized carbons (Fsp3) is 0.222. The van der Waals surface area contributed by atoms with Gasteiger partial charge in [0.2, 0.25) is 0 Å². The standard InChI is InChI=1S/C18H16N2O7/c1-25-17(23)13-8-27-9-20(15(13)18(24)26-2)14-4-3-11(16(21)22)10-5-6-19-7-12(10)14/h3-7H,8-9H2,1-2H3,(H,21,22). The first-order chi connectivity index (χ1) is 13.0. The summed E-state index contributed by atoms with van der Waals surface area (Å²) in [5.74, 6) is -2.55. The summed E-state index contributed by atoms with van der Waals surface area (Å²) in [5.41, 5.74) is 0.522. The number of carboxylic acids is 1. The Morgan fingerprint density at radius 2 is 1.85 bits per heavy atom. The van der Waals surface area contributed by atoms with E-state index in [4.69, 9.17) is 14.2 Å². The Balaban J connectivity index is 2.26. The molecule has 0 fully saturated rings. The van der Waals surface area contributed by atoms with Gasteiger partial charge in [-0.25, -0.2) is 14.4 Å². The van der Waals surface area contributed by atoms with Crippen LogP contribution in [-0.4, -0.2) is 55.6 Å². The lowest BCUT2D eigenvalue weighted by Crippen LogP contribution is -2.39. The first kappa shape index (κ1) is 18.3. The van der Waals surface area contributed by atoms with Crippen LogP contribution < -0.4 is 4.90 Å². The van der Waals surface area contributed by atoms with Crippen LogP contribution in [0.1, 0.15) is 10.4 Å². The maximum absolute atomic E-state index is 12.4. The molecular formula is C18H16N2O7. The van der Waals surface area contributed by atoms with Crippen molar-refractivity contribution in [3.63, 3.8) is 0 Å². The summed E-state index contributed by atoms with van der Waals surface area (Å²) in [5, 5.41) is 10.3. The summed E-state index contributed by atoms with van der Waals surface area (Å²) in [7, 11) is 2.40. The molecule has 2 heterocycles. The monoisotopic (exact) mass is 372 g/mol. The van der Waals surface area contributed by atoms with E-state index in [0.717, 1.165) is 0 Å². The van der Waals surface area contributed by atoms with Crippen molar-refractivity contribution >= 4 is 34.4 Å². The Kier molecular flexibility index (Phi) is 5.04. The normalized spacial score (nSPS) is 14.2. The summed E-state index contributed by atoms with van der Waals surface area (Å²) < 4.78 is 15.0. The molecule has 0 unspecified atom stereocenters. The van der Waals surface area contributed by atoms with Gasteiger partial charge < -0.3 is 24.2 Å². The number of carbonyl (C=O) groups is 3. The molecule has 1 aliphatic heterocycles. The number of esters is 2. The summed E-state index contributed by atoms with van der Waals surface area (Å²) in [6, 6.07) is 4.51. The highest BCUT2D eigenvalue weighted by Crippen LogP contribution is 2.34. The van der Waals surface area contributed by atoms with E-state index >= 15 is 0 Å². The Hall–Kier alpha value is -3.46. The quantitative estimate of drug-likeness (QED) is 0.793. The Bertz CT molecular complexity index is 967. The number of ether oxygens (including phenoxy) is 3. The van der Waals surface area contributed by atoms with Gasteiger partial charge in [-0.15, -0.1) is 0 Å². The number of aromatic nitrogens is 1. The molecule has 9 nitrogen and oxygen atoms in total. The third-order valence-corrected chi connectivity index (χ3v) is 4.15. The number of hydrogen-bond donors (Lipinski definition) is 1. The van der Waals surface area contributed by atoms with Crippen molar-refractivity contribution in [3.05, 3.63) is 47.4 Å². The lowest BCUT2D eigenvalue weighted by Gasteiger charge is -2.32. The lowest BCUT2D eigenvalue weighted by atomic mass is 10.0. The predicted molar refractivity (Wildman–Crippen MR) is 93.1 cm³/mol. The van der Waals surface area contributed by atoms with Gasteiger partial charge in [-0.3, -0.25) is 4.98 Å². The second-order valence-electron chi connectivity index (χ2n) is 5.57. The predicted octanol–water partition coefficient (Wildman–Crippen LogP) is 1.33. The van der Waals surface area contributed by atoms with Crippen LogP contribution in [0.25, 0.3) is 10.8 Å². The number of aromatic carboxylic acids is 1. The van der Waals surface area contributed by atoms with E-state index in [1.54, 1.807) is 6.07 Å². The van der Waals surface area contributed by atoms with E-state index in [-0.39, 0.29) is 30.2 Å². The molecule has 0 bridgehead atoms. The fourth-order valence-corrected chi connectivity index (χ4v) is 2.93. The summed E-state index contributed by atoms with van der Waals surface area (Å²) in [6.07, 6.45) is 2.96. The first-order valence-electron chi connectivity index (χ1n) is 7.84. The van der Waals surface area contributed by atoms with Gasteiger partial charge in [0, 0.05) is 23.2 Å². The summed E-state index contributed by atoms with van der Waals surface area (Å²) in [4.78, 5) is 41.5. The van der Waals surface area contributed by atoms with Gasteiger partial charge in [0.15, 0.2) is 0 Å². The maximum atomic E-state index is 12.4. The smallest absolute Gasteiger partial charge is 0.355 e. The highest BCUT2D eigenvalue weighted by Gasteiger charge is 2.33. The summed E-state index contributed by atoms with van der Waals surface area (Å²) in [6.45, 7) is -0.154. The number of rotatable bonds is 4. The minimum atomic E-state index is -1.09. The van der Waals surface area contributed by atoms with Crippen LogP contribution in [0.15, 0.2) is 41.9 Å². The van der Waals surface area contributed by atoms with Crippen molar-refractivity contribution in [2.24, 2.45) is 0 Å². The minimum Gasteiger partial charge on any atom is -0.478 e. The number of methoxy groups -OCH3 is 2. The largest absolute Gasteiger partial charge is 0.478 e. The Morgan fingerprint density at radius 3 is 2.52 bits per heavy atom. The van der Waals surface area contributed by atoms with Gasteiger partial charge in [0.25, 0.3) is 0 Å². The van der Waals surface area contributed by atoms with Crippen LogP contribution in [0.4, 0.5) is 5.69 Å². The topological polar surface area (TPSA) is 115 Å². The highest BCUT2D eigenvalue weighted by molar-refractivity contribution is 6.10. The number of nitrogens with zero attached hydrogens (tertiary/aromatic N) is 2. The fourth-order valence-electron chi connectivity index (χ4n) is 2.93. The van der Waals surface area contributed by atoms with Crippen LogP contribution in [0.5, 0.6) is 0 Å². The number of fused-ring (bicyclic) bond motifs is 1. The molecule has 27 heavy (non-hydrogen) atoms. The third kappa shape index (κ3) is 3.20. The van der Waals surface area contributed by atoms with E-state index in [0.29, 0.717) is 16.5 Å². The van der Waals surface area contributed by atoms with E-state index in [1.165, 1.54) is 43.6 Å². The molecule has 0 saturated heterocycles. The van der Waals surface area contributed by atoms with Crippen LogP contribution >= 0.6 is 0 Å². The van der Waals surface area contributed by atoms with Crippen molar-refractivity contribution in [1.82, 2.24) is 4.98 Å². The molecule has 1 aromatic heterocycles. The number of anilines is 1. The molecule has 3 rings (SSSR count). The molecule has 0 spiro atoms. The highest BCUT2D eigenvalue weighted by atomic mass is 16.5. The lowest BCUT2D eigenvalue weighted by molar-refractivity contribution is -0.140. The molecule has 0 radical (unpaired) electrons. The van der Waals surface area contributed by atoms with Crippen molar-refractivity contribution in [2.75, 3.05) is 32.5 Å². The number of benzene rings is 1. The molecule has 0 amide bonds. The molecule has 1 N–H and O–H groups in total. The Labute approximate surface area is 153 Å². The molecule has 9 heteroatoms. The van der Waals surface area contributed by atoms with Gasteiger partial charge in [-0.05, 0) is 18.2 Å². The van der Waals surface area contributed by atoms with Gasteiger partial charge >= 0.3 is 17.9 Å². The average molecular weight is 372 g/mol. The van der Waals surface area contributed by atoms with Gasteiger partial charge in [0.1, 0.15) is 12.4 Å². The van der Waals surface area contributed by atoms with E-state index in [2.05, 4.69) is 4.98 Å². The van der Waals surface area contributed by atoms with Crippen LogP contribution in [0.2, 0.25) is 0 Å². The van der Waals surface area contributed by atoms with E-state index in [9.17, 15) is 19.5 Å². The zero-order valence-corrected chi connectivity index (χ0v) is 14.6. The first-order valence-corrected chi connectivity index (χ1v) is 7.84. The number of hydrogen-bond acceptors (Lipinski definition) is 8. The van der Waals surface area contributed by atoms with Crippen LogP contribution in [-0.2, 0) is 23.8 Å². The molecule has 1 aliphatic rings. The number of carboxylic acid groups (broad SMARTS) is 1. The molecule has 0 saturated carbocycles. The van der Waals surface area contributed by atoms with Crippen molar-refractivity contribution in [3.8, 4) is 0 Å². The molecule has 0 aliphatic carbocycles. The minimum absolute atomic E-state index is 0.00921. The van der Waals surface area contributed by atoms with Gasteiger partial charge in [0.05, 0.1) is 37.7 Å². The van der Waals surface area contributed by atoms with E-state index in [1.807, 2.05) is 0 Å². The van der Waals surface area contributed by atoms with E-state index < -0.39 is 17.9 Å². The number of carbonyl (C=O) groups excluding carboxylic acids is 2. The second kappa shape index (κ2) is 7.42. The van der Waals surface area contributed by atoms with Crippen molar-refractivity contribution < 1.29 is 33.7 Å². The summed E-state index contributed by atoms with van der Waals surface area (Å²) >= 11 is 0. The molecule has 0 atom stereocenters. The third-order valence-electron chi connectivity index (χ3n) is 4.15. The average Bonchev–Trinajstić information content (AvgIpc) is 2.71. The molecular weight excluding hydrogens is 356 g/mol.